The fourth-order valence-corrected chi connectivity index (χ4v) is 2.76. The van der Waals surface area contributed by atoms with Crippen LogP contribution in [0.25, 0.3) is 5.95 Å². The van der Waals surface area contributed by atoms with Crippen molar-refractivity contribution in [2.24, 2.45) is 0 Å². The number of carbonyl (C=O) groups is 1. The van der Waals surface area contributed by atoms with Gasteiger partial charge in [-0.3, -0.25) is 4.57 Å². The topological polar surface area (TPSA) is 94.0 Å². The minimum absolute atomic E-state index is 0.370. The van der Waals surface area contributed by atoms with E-state index in [0.29, 0.717) is 17.3 Å². The van der Waals surface area contributed by atoms with Crippen molar-refractivity contribution in [2.45, 2.75) is 27.7 Å². The van der Waals surface area contributed by atoms with Crippen LogP contribution in [0.4, 0.5) is 16.2 Å². The van der Waals surface area contributed by atoms with E-state index in [0.717, 1.165) is 28.5 Å². The lowest BCUT2D eigenvalue weighted by Crippen LogP contribution is -2.20. The molecular weight excluding hydrogens is 344 g/mol. The van der Waals surface area contributed by atoms with Crippen molar-refractivity contribution in [3.63, 3.8) is 0 Å². The van der Waals surface area contributed by atoms with Crippen LogP contribution in [0, 0.1) is 27.7 Å². The standard InChI is InChI=1S/C19H22N6O2/c1-11-8-16(27-5)6-7-17(11)24-19(26)23-15-9-20-18(21-10-15)25-13(3)12(2)22-14(25)4/h6-10H,1-5H3,(H2,23,24,26). The van der Waals surface area contributed by atoms with E-state index in [-0.39, 0.29) is 6.03 Å². The highest BCUT2D eigenvalue weighted by molar-refractivity contribution is 6.00. The number of nitrogens with zero attached hydrogens (tertiary/aromatic N) is 4. The Hall–Kier alpha value is -3.42. The van der Waals surface area contributed by atoms with Gasteiger partial charge >= 0.3 is 6.03 Å². The molecule has 0 atom stereocenters. The van der Waals surface area contributed by atoms with E-state index in [1.54, 1.807) is 31.6 Å². The number of rotatable bonds is 4. The molecule has 0 bridgehead atoms. The monoisotopic (exact) mass is 366 g/mol. The Bertz CT molecular complexity index is 979. The summed E-state index contributed by atoms with van der Waals surface area (Å²) in [4.78, 5) is 25.3. The third-order valence-electron chi connectivity index (χ3n) is 4.29. The average Bonchev–Trinajstić information content (AvgIpc) is 2.89. The molecule has 0 aliphatic heterocycles. The van der Waals surface area contributed by atoms with Crippen LogP contribution in [0.5, 0.6) is 5.75 Å². The number of aromatic nitrogens is 4. The van der Waals surface area contributed by atoms with Crippen LogP contribution in [0.15, 0.2) is 30.6 Å². The van der Waals surface area contributed by atoms with Gasteiger partial charge in [0.1, 0.15) is 11.6 Å². The fraction of sp³-hybridized carbons (Fsp3) is 0.263. The number of hydrogen-bond acceptors (Lipinski definition) is 5. The molecule has 2 heterocycles. The van der Waals surface area contributed by atoms with Crippen molar-refractivity contribution in [3.05, 3.63) is 53.4 Å². The molecular formula is C19H22N6O2. The van der Waals surface area contributed by atoms with Gasteiger partial charge in [0, 0.05) is 11.4 Å². The third-order valence-corrected chi connectivity index (χ3v) is 4.29. The van der Waals surface area contributed by atoms with E-state index in [1.165, 1.54) is 0 Å². The largest absolute Gasteiger partial charge is 0.497 e. The van der Waals surface area contributed by atoms with Gasteiger partial charge in [0.15, 0.2) is 0 Å². The maximum Gasteiger partial charge on any atom is 0.323 e. The van der Waals surface area contributed by atoms with Crippen LogP contribution in [-0.4, -0.2) is 32.7 Å². The van der Waals surface area contributed by atoms with Crippen molar-refractivity contribution >= 4 is 17.4 Å². The van der Waals surface area contributed by atoms with Crippen molar-refractivity contribution < 1.29 is 9.53 Å². The Morgan fingerprint density at radius 3 is 2.33 bits per heavy atom. The summed E-state index contributed by atoms with van der Waals surface area (Å²) in [5.41, 5.74) is 4.02. The maximum absolute atomic E-state index is 12.2. The molecule has 2 amide bonds. The van der Waals surface area contributed by atoms with Gasteiger partial charge in [0.25, 0.3) is 0 Å². The van der Waals surface area contributed by atoms with Gasteiger partial charge in [0.2, 0.25) is 5.95 Å². The molecule has 0 saturated heterocycles. The van der Waals surface area contributed by atoms with Gasteiger partial charge < -0.3 is 15.4 Å². The second-order valence-corrected chi connectivity index (χ2v) is 6.20. The van der Waals surface area contributed by atoms with Crippen LogP contribution in [-0.2, 0) is 0 Å². The number of aryl methyl sites for hydroxylation is 3. The lowest BCUT2D eigenvalue weighted by Gasteiger charge is -2.11. The van der Waals surface area contributed by atoms with Gasteiger partial charge in [0.05, 0.1) is 30.9 Å². The molecule has 0 spiro atoms. The van der Waals surface area contributed by atoms with Crippen molar-refractivity contribution in [3.8, 4) is 11.7 Å². The van der Waals surface area contributed by atoms with Crippen LogP contribution in [0.3, 0.4) is 0 Å². The lowest BCUT2D eigenvalue weighted by atomic mass is 10.2. The van der Waals surface area contributed by atoms with Crippen LogP contribution >= 0.6 is 0 Å². The maximum atomic E-state index is 12.2. The molecule has 27 heavy (non-hydrogen) atoms. The average molecular weight is 366 g/mol. The Labute approximate surface area is 157 Å². The summed E-state index contributed by atoms with van der Waals surface area (Å²) < 4.78 is 7.04. The molecule has 0 aliphatic carbocycles. The number of nitrogens with one attached hydrogen (secondary N) is 2. The molecule has 0 saturated carbocycles. The predicted octanol–water partition coefficient (Wildman–Crippen LogP) is 3.55. The smallest absolute Gasteiger partial charge is 0.323 e. The minimum atomic E-state index is -0.370. The predicted molar refractivity (Wildman–Crippen MR) is 104 cm³/mol. The van der Waals surface area contributed by atoms with Gasteiger partial charge in [-0.2, -0.15) is 0 Å². The van der Waals surface area contributed by atoms with Gasteiger partial charge in [-0.15, -0.1) is 0 Å². The molecule has 0 radical (unpaired) electrons. The van der Waals surface area contributed by atoms with Crippen molar-refractivity contribution in [2.75, 3.05) is 17.7 Å². The lowest BCUT2D eigenvalue weighted by molar-refractivity contribution is 0.262. The van der Waals surface area contributed by atoms with E-state index in [1.807, 2.05) is 38.3 Å². The number of urea groups is 1. The molecule has 3 aromatic rings. The van der Waals surface area contributed by atoms with Crippen molar-refractivity contribution in [1.82, 2.24) is 19.5 Å². The number of benzene rings is 1. The highest BCUT2D eigenvalue weighted by Gasteiger charge is 2.12. The summed E-state index contributed by atoms with van der Waals surface area (Å²) in [6, 6.07) is 5.06. The second-order valence-electron chi connectivity index (χ2n) is 6.20. The summed E-state index contributed by atoms with van der Waals surface area (Å²) in [7, 11) is 1.60. The number of imidazole rings is 1. The minimum Gasteiger partial charge on any atom is -0.497 e. The van der Waals surface area contributed by atoms with Crippen LogP contribution in [0.1, 0.15) is 22.8 Å². The molecule has 0 fully saturated rings. The van der Waals surface area contributed by atoms with E-state index in [4.69, 9.17) is 4.74 Å². The summed E-state index contributed by atoms with van der Waals surface area (Å²) >= 11 is 0. The van der Waals surface area contributed by atoms with Crippen molar-refractivity contribution in [1.29, 1.82) is 0 Å². The molecule has 8 heteroatoms. The van der Waals surface area contributed by atoms with Gasteiger partial charge in [-0.25, -0.2) is 19.7 Å². The molecule has 3 rings (SSSR count). The second kappa shape index (κ2) is 7.45. The summed E-state index contributed by atoms with van der Waals surface area (Å²) in [5.74, 6) is 2.07. The normalized spacial score (nSPS) is 10.6. The molecule has 0 aliphatic rings. The highest BCUT2D eigenvalue weighted by Crippen LogP contribution is 2.21. The summed E-state index contributed by atoms with van der Waals surface area (Å²) in [6.45, 7) is 7.71. The summed E-state index contributed by atoms with van der Waals surface area (Å²) in [5, 5.41) is 5.53. The first-order valence-electron chi connectivity index (χ1n) is 8.46. The van der Waals surface area contributed by atoms with Gasteiger partial charge in [-0.05, 0) is 51.5 Å². The number of carbonyl (C=O) groups excluding carboxylic acids is 1. The number of hydrogen-bond donors (Lipinski definition) is 2. The quantitative estimate of drug-likeness (QED) is 0.736. The molecule has 140 valence electrons. The molecule has 2 aromatic heterocycles. The number of anilines is 2. The zero-order chi connectivity index (χ0) is 19.6. The zero-order valence-corrected chi connectivity index (χ0v) is 16.0. The van der Waals surface area contributed by atoms with Crippen LogP contribution < -0.4 is 15.4 Å². The Balaban J connectivity index is 1.70. The number of ether oxygens (including phenoxy) is 1. The molecule has 1 aromatic carbocycles. The third kappa shape index (κ3) is 3.89. The van der Waals surface area contributed by atoms with E-state index >= 15 is 0 Å². The van der Waals surface area contributed by atoms with Gasteiger partial charge in [-0.1, -0.05) is 0 Å². The molecule has 0 unspecified atom stereocenters. The van der Waals surface area contributed by atoms with E-state index in [9.17, 15) is 4.79 Å². The highest BCUT2D eigenvalue weighted by atomic mass is 16.5. The Morgan fingerprint density at radius 2 is 1.78 bits per heavy atom. The first kappa shape index (κ1) is 18.4. The first-order chi connectivity index (χ1) is 12.9. The van der Waals surface area contributed by atoms with Crippen LogP contribution in [0.2, 0.25) is 0 Å². The first-order valence-corrected chi connectivity index (χ1v) is 8.46. The Morgan fingerprint density at radius 1 is 1.07 bits per heavy atom. The molecule has 2 N–H and O–H groups in total. The SMILES string of the molecule is COc1ccc(NC(=O)Nc2cnc(-n3c(C)nc(C)c3C)nc2)c(C)c1. The zero-order valence-electron chi connectivity index (χ0n) is 16.0. The van der Waals surface area contributed by atoms with E-state index in [2.05, 4.69) is 25.6 Å². The Kier molecular flexibility index (Phi) is 5.07. The van der Waals surface area contributed by atoms with E-state index < -0.39 is 0 Å². The number of methoxy groups -OCH3 is 1. The summed E-state index contributed by atoms with van der Waals surface area (Å²) in [6.07, 6.45) is 3.13. The fourth-order valence-electron chi connectivity index (χ4n) is 2.76. The molecule has 8 nitrogen and oxygen atoms in total. The number of amides is 2.